The second-order valence-electron chi connectivity index (χ2n) is 4.62. The van der Waals surface area contributed by atoms with Gasteiger partial charge in [-0.1, -0.05) is 20.3 Å². The molecule has 0 heterocycles. The van der Waals surface area contributed by atoms with Crippen LogP contribution in [-0.2, 0) is 14.8 Å². The minimum atomic E-state index is -3.28. The summed E-state index contributed by atoms with van der Waals surface area (Å²) >= 11 is 0. The fourth-order valence-corrected chi connectivity index (χ4v) is 2.89. The predicted octanol–water partition coefficient (Wildman–Crippen LogP) is 1.11. The van der Waals surface area contributed by atoms with Crippen LogP contribution in [0.4, 0.5) is 0 Å². The van der Waals surface area contributed by atoms with E-state index in [1.54, 1.807) is 14.0 Å². The van der Waals surface area contributed by atoms with Crippen LogP contribution in [0.25, 0.3) is 0 Å². The Morgan fingerprint density at radius 1 is 1.22 bits per heavy atom. The van der Waals surface area contributed by atoms with E-state index in [-0.39, 0.29) is 6.04 Å². The second kappa shape index (κ2) is 9.72. The van der Waals surface area contributed by atoms with Crippen LogP contribution in [-0.4, -0.2) is 46.5 Å². The number of hydrogen-bond acceptors (Lipinski definition) is 4. The third-order valence-corrected chi connectivity index (χ3v) is 4.61. The van der Waals surface area contributed by atoms with Crippen LogP contribution >= 0.6 is 0 Å². The van der Waals surface area contributed by atoms with Gasteiger partial charge in [0.15, 0.2) is 0 Å². The van der Waals surface area contributed by atoms with Gasteiger partial charge in [0, 0.05) is 19.7 Å². The van der Waals surface area contributed by atoms with Gasteiger partial charge in [0.05, 0.1) is 11.9 Å². The van der Waals surface area contributed by atoms with Gasteiger partial charge in [-0.15, -0.1) is 0 Å². The molecule has 0 aromatic carbocycles. The molecule has 0 aromatic rings. The number of sulfonamides is 1. The fourth-order valence-electron chi connectivity index (χ4n) is 1.67. The van der Waals surface area contributed by atoms with Crippen LogP contribution in [0.2, 0.25) is 0 Å². The van der Waals surface area contributed by atoms with Crippen molar-refractivity contribution in [3.8, 4) is 0 Å². The van der Waals surface area contributed by atoms with Gasteiger partial charge in [-0.05, 0) is 26.3 Å². The molecule has 0 aliphatic carbocycles. The molecular formula is C12H28N2O3S. The summed E-state index contributed by atoms with van der Waals surface area (Å²) in [7, 11) is -1.69. The van der Waals surface area contributed by atoms with Gasteiger partial charge in [-0.3, -0.25) is 0 Å². The summed E-state index contributed by atoms with van der Waals surface area (Å²) in [5.41, 5.74) is 0. The molecule has 0 saturated carbocycles. The summed E-state index contributed by atoms with van der Waals surface area (Å²) in [6.45, 7) is 7.55. The highest BCUT2D eigenvalue weighted by Gasteiger charge is 2.23. The second-order valence-corrected chi connectivity index (χ2v) is 6.75. The molecule has 0 aliphatic heterocycles. The molecular weight excluding hydrogens is 252 g/mol. The predicted molar refractivity (Wildman–Crippen MR) is 75.3 cm³/mol. The molecule has 0 bridgehead atoms. The molecule has 5 nitrogen and oxygen atoms in total. The zero-order valence-corrected chi connectivity index (χ0v) is 12.8. The standard InChI is InChI=1S/C12H28N2O3S/c1-5-7-12(10-17-4)14-18(15,16)11(3)9-13-8-6-2/h11-14H,5-10H2,1-4H3. The molecule has 6 heteroatoms. The van der Waals surface area contributed by atoms with Crippen molar-refractivity contribution in [1.82, 2.24) is 10.0 Å². The van der Waals surface area contributed by atoms with Gasteiger partial charge in [-0.25, -0.2) is 13.1 Å². The summed E-state index contributed by atoms with van der Waals surface area (Å²) in [5.74, 6) is 0. The van der Waals surface area contributed by atoms with Crippen molar-refractivity contribution in [3.63, 3.8) is 0 Å². The third kappa shape index (κ3) is 7.31. The van der Waals surface area contributed by atoms with E-state index in [9.17, 15) is 8.42 Å². The molecule has 0 spiro atoms. The first-order valence-corrected chi connectivity index (χ1v) is 8.23. The van der Waals surface area contributed by atoms with Gasteiger partial charge in [0.2, 0.25) is 10.0 Å². The quantitative estimate of drug-likeness (QED) is 0.556. The Morgan fingerprint density at radius 2 is 1.89 bits per heavy atom. The molecule has 0 rings (SSSR count). The number of nitrogens with one attached hydrogen (secondary N) is 2. The van der Waals surface area contributed by atoms with Gasteiger partial charge < -0.3 is 10.1 Å². The van der Waals surface area contributed by atoms with E-state index < -0.39 is 15.3 Å². The van der Waals surface area contributed by atoms with Crippen LogP contribution in [0.1, 0.15) is 40.0 Å². The van der Waals surface area contributed by atoms with Crippen LogP contribution in [0, 0.1) is 0 Å². The summed E-state index contributed by atoms with van der Waals surface area (Å²) in [4.78, 5) is 0. The maximum absolute atomic E-state index is 12.1. The van der Waals surface area contributed by atoms with Crippen molar-refractivity contribution in [1.29, 1.82) is 0 Å². The lowest BCUT2D eigenvalue weighted by Gasteiger charge is -2.21. The molecule has 0 aliphatic rings. The van der Waals surface area contributed by atoms with E-state index in [1.165, 1.54) is 0 Å². The lowest BCUT2D eigenvalue weighted by molar-refractivity contribution is 0.171. The smallest absolute Gasteiger partial charge is 0.215 e. The van der Waals surface area contributed by atoms with Crippen LogP contribution in [0.15, 0.2) is 0 Å². The minimum Gasteiger partial charge on any atom is -0.383 e. The largest absolute Gasteiger partial charge is 0.383 e. The first-order chi connectivity index (χ1) is 8.47. The van der Waals surface area contributed by atoms with Crippen LogP contribution in [0.3, 0.4) is 0 Å². The van der Waals surface area contributed by atoms with Crippen molar-refractivity contribution >= 4 is 10.0 Å². The summed E-state index contributed by atoms with van der Waals surface area (Å²) in [6, 6.07) is -0.126. The van der Waals surface area contributed by atoms with Gasteiger partial charge in [-0.2, -0.15) is 0 Å². The molecule has 0 fully saturated rings. The average Bonchev–Trinajstić information content (AvgIpc) is 2.29. The first kappa shape index (κ1) is 17.8. The van der Waals surface area contributed by atoms with Gasteiger partial charge in [0.25, 0.3) is 0 Å². The fraction of sp³-hybridized carbons (Fsp3) is 1.00. The molecule has 0 amide bonds. The van der Waals surface area contributed by atoms with E-state index >= 15 is 0 Å². The van der Waals surface area contributed by atoms with Crippen molar-refractivity contribution in [2.24, 2.45) is 0 Å². The molecule has 0 aromatic heterocycles. The monoisotopic (exact) mass is 280 g/mol. The third-order valence-electron chi connectivity index (χ3n) is 2.72. The van der Waals surface area contributed by atoms with Crippen LogP contribution < -0.4 is 10.0 Å². The van der Waals surface area contributed by atoms with E-state index in [1.807, 2.05) is 6.92 Å². The Labute approximate surface area is 112 Å². The van der Waals surface area contributed by atoms with E-state index in [2.05, 4.69) is 17.0 Å². The molecule has 2 unspecified atom stereocenters. The van der Waals surface area contributed by atoms with E-state index in [0.717, 1.165) is 25.8 Å². The Bertz CT molecular complexity index is 288. The summed E-state index contributed by atoms with van der Waals surface area (Å²) < 4.78 is 31.9. The normalized spacial score (nSPS) is 15.6. The minimum absolute atomic E-state index is 0.126. The van der Waals surface area contributed by atoms with Gasteiger partial charge in [0.1, 0.15) is 0 Å². The first-order valence-electron chi connectivity index (χ1n) is 6.68. The van der Waals surface area contributed by atoms with Crippen molar-refractivity contribution < 1.29 is 13.2 Å². The maximum atomic E-state index is 12.1. The number of methoxy groups -OCH3 is 1. The van der Waals surface area contributed by atoms with Crippen LogP contribution in [0.5, 0.6) is 0 Å². The number of hydrogen-bond donors (Lipinski definition) is 2. The number of rotatable bonds is 11. The highest BCUT2D eigenvalue weighted by atomic mass is 32.2. The Morgan fingerprint density at radius 3 is 2.39 bits per heavy atom. The van der Waals surface area contributed by atoms with Crippen molar-refractivity contribution in [2.45, 2.75) is 51.3 Å². The molecule has 2 N–H and O–H groups in total. The topological polar surface area (TPSA) is 67.4 Å². The highest BCUT2D eigenvalue weighted by Crippen LogP contribution is 2.04. The average molecular weight is 280 g/mol. The Hall–Kier alpha value is -0.170. The van der Waals surface area contributed by atoms with E-state index in [0.29, 0.717) is 13.2 Å². The molecule has 2 atom stereocenters. The molecule has 0 saturated heterocycles. The zero-order valence-electron chi connectivity index (χ0n) is 12.0. The van der Waals surface area contributed by atoms with Crippen molar-refractivity contribution in [3.05, 3.63) is 0 Å². The van der Waals surface area contributed by atoms with E-state index in [4.69, 9.17) is 4.74 Å². The summed E-state index contributed by atoms with van der Waals surface area (Å²) in [5, 5.41) is 2.70. The highest BCUT2D eigenvalue weighted by molar-refractivity contribution is 7.90. The Kier molecular flexibility index (Phi) is 9.63. The summed E-state index contributed by atoms with van der Waals surface area (Å²) in [6.07, 6.45) is 2.73. The lowest BCUT2D eigenvalue weighted by atomic mass is 10.2. The molecule has 18 heavy (non-hydrogen) atoms. The Balaban J connectivity index is 4.32. The zero-order chi connectivity index (χ0) is 14.0. The number of ether oxygens (including phenoxy) is 1. The molecule has 0 radical (unpaired) electrons. The van der Waals surface area contributed by atoms with Crippen molar-refractivity contribution in [2.75, 3.05) is 26.8 Å². The maximum Gasteiger partial charge on any atom is 0.215 e. The van der Waals surface area contributed by atoms with Gasteiger partial charge >= 0.3 is 0 Å². The SMILES string of the molecule is CCCNCC(C)S(=O)(=O)NC(CCC)COC. The molecule has 110 valence electrons. The lowest BCUT2D eigenvalue weighted by Crippen LogP contribution is -2.45.